The number of ether oxygens (including phenoxy) is 3. The molecule has 4 saturated heterocycles. The van der Waals surface area contributed by atoms with Gasteiger partial charge in [-0.15, -0.1) is 0 Å². The van der Waals surface area contributed by atoms with Gasteiger partial charge >= 0.3 is 0 Å². The minimum absolute atomic E-state index is 0.0463. The molecule has 0 radical (unpaired) electrons. The molecule has 2 spiro atoms. The van der Waals surface area contributed by atoms with Gasteiger partial charge in [0.05, 0.1) is 47.8 Å². The SMILES string of the molecule is C[C@H]1CC[C@]2(Cc3nc(OC[C@@]45CCCN4C[C@H](F)C5)cc(N4CCC45COC5)c3CO2)c2c1ccc(N)c2C#N. The van der Waals surface area contributed by atoms with Crippen LogP contribution in [0.25, 0.3) is 0 Å². The molecule has 1 aliphatic carbocycles. The zero-order valence-electron chi connectivity index (χ0n) is 23.8. The Labute approximate surface area is 240 Å². The lowest BCUT2D eigenvalue weighted by atomic mass is 9.69. The van der Waals surface area contributed by atoms with Gasteiger partial charge in [0, 0.05) is 48.8 Å². The summed E-state index contributed by atoms with van der Waals surface area (Å²) >= 11 is 0. The quantitative estimate of drug-likeness (QED) is 0.553. The fourth-order valence-corrected chi connectivity index (χ4v) is 8.65. The summed E-state index contributed by atoms with van der Waals surface area (Å²) in [5.41, 5.74) is 11.8. The first-order chi connectivity index (χ1) is 19.9. The van der Waals surface area contributed by atoms with Gasteiger partial charge in [0.2, 0.25) is 5.88 Å². The van der Waals surface area contributed by atoms with Crippen molar-refractivity contribution in [3.8, 4) is 11.9 Å². The predicted octanol–water partition coefficient (Wildman–Crippen LogP) is 4.34. The van der Waals surface area contributed by atoms with Crippen molar-refractivity contribution in [3.63, 3.8) is 0 Å². The van der Waals surface area contributed by atoms with Crippen molar-refractivity contribution >= 4 is 11.4 Å². The summed E-state index contributed by atoms with van der Waals surface area (Å²) in [5.74, 6) is 0.921. The Morgan fingerprint density at radius 2 is 2.12 bits per heavy atom. The number of pyridine rings is 1. The summed E-state index contributed by atoms with van der Waals surface area (Å²) < 4.78 is 33.5. The Bertz CT molecular complexity index is 1450. The minimum atomic E-state index is -0.793. The maximum absolute atomic E-state index is 14.5. The third-order valence-corrected chi connectivity index (χ3v) is 11.1. The smallest absolute Gasteiger partial charge is 0.215 e. The molecular formula is C32H38FN5O3. The number of aromatic nitrogens is 1. The van der Waals surface area contributed by atoms with Gasteiger partial charge in [0.15, 0.2) is 0 Å². The average Bonchev–Trinajstić information content (AvgIpc) is 3.44. The monoisotopic (exact) mass is 559 g/mol. The first-order valence-electron chi connectivity index (χ1n) is 15.2. The zero-order valence-corrected chi connectivity index (χ0v) is 23.8. The summed E-state index contributed by atoms with van der Waals surface area (Å²) in [6, 6.07) is 8.39. The van der Waals surface area contributed by atoms with Crippen molar-refractivity contribution in [3.05, 3.63) is 46.1 Å². The van der Waals surface area contributed by atoms with E-state index in [2.05, 4.69) is 34.9 Å². The number of rotatable bonds is 4. The van der Waals surface area contributed by atoms with Crippen molar-refractivity contribution in [2.75, 3.05) is 50.1 Å². The Hall–Kier alpha value is -2.93. The minimum Gasteiger partial charge on any atom is -0.476 e. The van der Waals surface area contributed by atoms with Gasteiger partial charge < -0.3 is 24.8 Å². The molecule has 1 aromatic heterocycles. The Morgan fingerprint density at radius 1 is 1.24 bits per heavy atom. The Kier molecular flexibility index (Phi) is 5.67. The van der Waals surface area contributed by atoms with Crippen molar-refractivity contribution in [1.29, 1.82) is 5.26 Å². The number of nitrogens with two attached hydrogens (primary N) is 1. The molecule has 216 valence electrons. The van der Waals surface area contributed by atoms with E-state index in [9.17, 15) is 9.65 Å². The molecule has 4 atom stereocenters. The van der Waals surface area contributed by atoms with E-state index in [1.54, 1.807) is 0 Å². The van der Waals surface area contributed by atoms with Crippen LogP contribution < -0.4 is 15.4 Å². The van der Waals surface area contributed by atoms with Gasteiger partial charge in [0.25, 0.3) is 0 Å². The van der Waals surface area contributed by atoms with E-state index >= 15 is 0 Å². The van der Waals surface area contributed by atoms with Gasteiger partial charge in [-0.3, -0.25) is 4.90 Å². The van der Waals surface area contributed by atoms with Gasteiger partial charge in [-0.25, -0.2) is 9.37 Å². The van der Waals surface area contributed by atoms with E-state index in [-0.39, 0.29) is 11.1 Å². The number of nitriles is 1. The highest BCUT2D eigenvalue weighted by Gasteiger charge is 2.53. The van der Waals surface area contributed by atoms with Crippen LogP contribution in [0.3, 0.4) is 0 Å². The van der Waals surface area contributed by atoms with E-state index in [0.717, 1.165) is 86.5 Å². The number of halogens is 1. The second kappa shape index (κ2) is 9.03. The normalized spacial score (nSPS) is 33.0. The molecule has 6 aliphatic rings. The zero-order chi connectivity index (χ0) is 28.0. The molecule has 0 unspecified atom stereocenters. The molecule has 0 amide bonds. The topological polar surface area (TPSA) is 96.9 Å². The summed E-state index contributed by atoms with van der Waals surface area (Å²) in [4.78, 5) is 9.86. The number of nitrogens with zero attached hydrogens (tertiary/aromatic N) is 4. The van der Waals surface area contributed by atoms with Crippen molar-refractivity contribution < 1.29 is 18.6 Å². The fraction of sp³-hybridized carbons (Fsp3) is 0.625. The number of nitrogen functional groups attached to an aromatic ring is 1. The lowest BCUT2D eigenvalue weighted by Crippen LogP contribution is -2.71. The van der Waals surface area contributed by atoms with Crippen LogP contribution >= 0.6 is 0 Å². The first kappa shape index (κ1) is 25.8. The van der Waals surface area contributed by atoms with Crippen LogP contribution in [-0.4, -0.2) is 66.6 Å². The standard InChI is InChI=1S/C32H38FN5O3/c1-20-5-7-32(29-22(20)3-4-25(35)23(29)14-34)13-26-24(16-41-32)27(38-10-8-31(38)17-39-18-31)11-28(36-26)40-19-30-6-2-9-37(30)15-21(33)12-30/h3-4,11,20-21H,2,5-10,12-13,15-19,35H2,1H3/t20-,21+,30-,32-/m0/s1. The van der Waals surface area contributed by atoms with Crippen LogP contribution in [0, 0.1) is 11.3 Å². The third kappa shape index (κ3) is 3.70. The van der Waals surface area contributed by atoms with Crippen molar-refractivity contribution in [2.24, 2.45) is 0 Å². The van der Waals surface area contributed by atoms with E-state index in [4.69, 9.17) is 24.9 Å². The Morgan fingerprint density at radius 3 is 2.88 bits per heavy atom. The lowest BCUT2D eigenvalue weighted by molar-refractivity contribution is -0.0914. The van der Waals surface area contributed by atoms with Gasteiger partial charge in [-0.1, -0.05) is 13.0 Å². The van der Waals surface area contributed by atoms with Crippen LogP contribution in [-0.2, 0) is 28.1 Å². The average molecular weight is 560 g/mol. The predicted molar refractivity (Wildman–Crippen MR) is 152 cm³/mol. The number of hydrogen-bond acceptors (Lipinski definition) is 8. The molecule has 1 aromatic carbocycles. The highest BCUT2D eigenvalue weighted by atomic mass is 19.1. The number of anilines is 2. The molecule has 0 saturated carbocycles. The maximum Gasteiger partial charge on any atom is 0.215 e. The van der Waals surface area contributed by atoms with Gasteiger partial charge in [-0.2, -0.15) is 5.26 Å². The number of benzene rings is 1. The molecule has 6 heterocycles. The molecular weight excluding hydrogens is 521 g/mol. The van der Waals surface area contributed by atoms with Crippen molar-refractivity contribution in [2.45, 2.75) is 87.2 Å². The molecule has 2 N–H and O–H groups in total. The third-order valence-electron chi connectivity index (χ3n) is 11.1. The molecule has 4 fully saturated rings. The van der Waals surface area contributed by atoms with Gasteiger partial charge in [-0.05, 0) is 56.2 Å². The van der Waals surface area contributed by atoms with Crippen LogP contribution in [0.15, 0.2) is 18.2 Å². The molecule has 0 bridgehead atoms. The van der Waals surface area contributed by atoms with Crippen LogP contribution in [0.2, 0.25) is 0 Å². The summed E-state index contributed by atoms with van der Waals surface area (Å²) in [5, 5.41) is 10.2. The molecule has 9 heteroatoms. The highest BCUT2D eigenvalue weighted by Crippen LogP contribution is 2.53. The number of hydrogen-bond donors (Lipinski definition) is 1. The second-order valence-electron chi connectivity index (χ2n) is 13.4. The molecule has 8 rings (SSSR count). The van der Waals surface area contributed by atoms with Crippen LogP contribution in [0.1, 0.15) is 79.3 Å². The molecule has 2 aromatic rings. The Balaban J connectivity index is 1.19. The molecule has 8 nitrogen and oxygen atoms in total. The van der Waals surface area contributed by atoms with Crippen LogP contribution in [0.5, 0.6) is 5.88 Å². The van der Waals surface area contributed by atoms with E-state index < -0.39 is 11.8 Å². The summed E-state index contributed by atoms with van der Waals surface area (Å²) in [6.07, 6.45) is 5.22. The van der Waals surface area contributed by atoms with Gasteiger partial charge in [0.1, 0.15) is 24.4 Å². The maximum atomic E-state index is 14.5. The molecule has 5 aliphatic heterocycles. The lowest BCUT2D eigenvalue weighted by Gasteiger charge is -2.59. The number of alkyl halides is 1. The van der Waals surface area contributed by atoms with Crippen LogP contribution in [0.4, 0.5) is 15.8 Å². The number of fused-ring (bicyclic) bond motifs is 4. The van der Waals surface area contributed by atoms with E-state index in [1.165, 1.54) is 0 Å². The van der Waals surface area contributed by atoms with Crippen molar-refractivity contribution in [1.82, 2.24) is 9.88 Å². The largest absolute Gasteiger partial charge is 0.476 e. The fourth-order valence-electron chi connectivity index (χ4n) is 8.65. The molecule has 41 heavy (non-hydrogen) atoms. The highest BCUT2D eigenvalue weighted by molar-refractivity contribution is 5.66. The summed E-state index contributed by atoms with van der Waals surface area (Å²) in [7, 11) is 0. The van der Waals surface area contributed by atoms with E-state index in [0.29, 0.717) is 55.6 Å². The van der Waals surface area contributed by atoms with E-state index in [1.807, 2.05) is 6.07 Å². The summed E-state index contributed by atoms with van der Waals surface area (Å²) in [6.45, 7) is 6.94. The second-order valence-corrected chi connectivity index (χ2v) is 13.4. The first-order valence-corrected chi connectivity index (χ1v) is 15.2.